The van der Waals surface area contributed by atoms with Gasteiger partial charge >= 0.3 is 5.97 Å². The van der Waals surface area contributed by atoms with Crippen molar-refractivity contribution in [3.8, 4) is 0 Å². The van der Waals surface area contributed by atoms with Crippen LogP contribution in [0.25, 0.3) is 0 Å². The van der Waals surface area contributed by atoms with Gasteiger partial charge < -0.3 is 14.4 Å². The summed E-state index contributed by atoms with van der Waals surface area (Å²) in [5, 5.41) is 12.9. The van der Waals surface area contributed by atoms with Crippen LogP contribution >= 0.6 is 22.9 Å². The minimum atomic E-state index is -0.591. The molecular formula is C16H16ClN3O6S. The van der Waals surface area contributed by atoms with Crippen molar-refractivity contribution >= 4 is 40.5 Å². The van der Waals surface area contributed by atoms with E-state index in [-0.39, 0.29) is 41.7 Å². The lowest BCUT2D eigenvalue weighted by atomic mass is 10.1. The zero-order valence-corrected chi connectivity index (χ0v) is 16.1. The van der Waals surface area contributed by atoms with Crippen molar-refractivity contribution < 1.29 is 24.0 Å². The Morgan fingerprint density at radius 1 is 1.37 bits per heavy atom. The SMILES string of the molecule is COCCN(Cc1nc(C(=O)OC)cs1)C(=O)c1ccc([N+](=O)[O-])cc1Cl. The highest BCUT2D eigenvalue weighted by Crippen LogP contribution is 2.24. The zero-order valence-electron chi connectivity index (χ0n) is 14.5. The molecule has 1 heterocycles. The molecule has 27 heavy (non-hydrogen) atoms. The predicted molar refractivity (Wildman–Crippen MR) is 98.2 cm³/mol. The summed E-state index contributed by atoms with van der Waals surface area (Å²) in [7, 11) is 2.76. The van der Waals surface area contributed by atoms with E-state index in [0.717, 1.165) is 6.07 Å². The monoisotopic (exact) mass is 413 g/mol. The van der Waals surface area contributed by atoms with Crippen molar-refractivity contribution in [3.63, 3.8) is 0 Å². The average molecular weight is 414 g/mol. The molecular weight excluding hydrogens is 398 g/mol. The minimum Gasteiger partial charge on any atom is -0.464 e. The van der Waals surface area contributed by atoms with E-state index in [4.69, 9.17) is 16.3 Å². The van der Waals surface area contributed by atoms with E-state index < -0.39 is 16.8 Å². The van der Waals surface area contributed by atoms with Gasteiger partial charge in [0.2, 0.25) is 0 Å². The average Bonchev–Trinajstić information content (AvgIpc) is 3.12. The predicted octanol–water partition coefficient (Wildman–Crippen LogP) is 2.78. The summed E-state index contributed by atoms with van der Waals surface area (Å²) >= 11 is 7.27. The number of hydrogen-bond acceptors (Lipinski definition) is 8. The Hall–Kier alpha value is -2.56. The lowest BCUT2D eigenvalue weighted by Crippen LogP contribution is -2.33. The van der Waals surface area contributed by atoms with Gasteiger partial charge in [-0.1, -0.05) is 11.6 Å². The molecule has 1 aromatic heterocycles. The van der Waals surface area contributed by atoms with Crippen LogP contribution in [0.5, 0.6) is 0 Å². The van der Waals surface area contributed by atoms with Gasteiger partial charge in [0, 0.05) is 31.2 Å². The number of benzene rings is 1. The number of thiazole rings is 1. The first-order chi connectivity index (χ1) is 12.9. The van der Waals surface area contributed by atoms with Crippen LogP contribution in [0.3, 0.4) is 0 Å². The first kappa shape index (κ1) is 20.7. The van der Waals surface area contributed by atoms with Crippen molar-refractivity contribution in [2.75, 3.05) is 27.4 Å². The van der Waals surface area contributed by atoms with E-state index in [2.05, 4.69) is 9.72 Å². The van der Waals surface area contributed by atoms with Gasteiger partial charge in [-0.2, -0.15) is 0 Å². The normalized spacial score (nSPS) is 10.5. The molecule has 0 bridgehead atoms. The highest BCUT2D eigenvalue weighted by atomic mass is 35.5. The quantitative estimate of drug-likeness (QED) is 0.371. The number of methoxy groups -OCH3 is 2. The summed E-state index contributed by atoms with van der Waals surface area (Å²) in [5.74, 6) is -0.993. The van der Waals surface area contributed by atoms with Crippen LogP contribution in [0.15, 0.2) is 23.6 Å². The number of nitrogens with zero attached hydrogens (tertiary/aromatic N) is 3. The Kier molecular flexibility index (Phi) is 7.22. The minimum absolute atomic E-state index is 0.0222. The number of ether oxygens (including phenoxy) is 2. The molecule has 0 saturated carbocycles. The summed E-state index contributed by atoms with van der Waals surface area (Å²) in [6.45, 7) is 0.637. The van der Waals surface area contributed by atoms with Crippen molar-refractivity contribution in [1.29, 1.82) is 0 Å². The van der Waals surface area contributed by atoms with Crippen LogP contribution in [0, 0.1) is 10.1 Å². The molecule has 0 saturated heterocycles. The number of carbonyl (C=O) groups excluding carboxylic acids is 2. The third-order valence-electron chi connectivity index (χ3n) is 3.52. The van der Waals surface area contributed by atoms with Crippen molar-refractivity contribution in [2.24, 2.45) is 0 Å². The third kappa shape index (κ3) is 5.22. The lowest BCUT2D eigenvalue weighted by molar-refractivity contribution is -0.384. The number of hydrogen-bond donors (Lipinski definition) is 0. The van der Waals surface area contributed by atoms with E-state index in [1.807, 2.05) is 0 Å². The van der Waals surface area contributed by atoms with E-state index >= 15 is 0 Å². The molecule has 0 atom stereocenters. The number of nitro benzene ring substituents is 1. The fourth-order valence-electron chi connectivity index (χ4n) is 2.16. The second-order valence-electron chi connectivity index (χ2n) is 5.26. The Balaban J connectivity index is 2.24. The van der Waals surface area contributed by atoms with Gasteiger partial charge in [0.25, 0.3) is 11.6 Å². The molecule has 0 aliphatic rings. The molecule has 0 unspecified atom stereocenters. The first-order valence-electron chi connectivity index (χ1n) is 7.62. The molecule has 0 radical (unpaired) electrons. The summed E-state index contributed by atoms with van der Waals surface area (Å²) in [6.07, 6.45) is 0. The highest BCUT2D eigenvalue weighted by molar-refractivity contribution is 7.09. The topological polar surface area (TPSA) is 112 Å². The van der Waals surface area contributed by atoms with Crippen LogP contribution in [-0.4, -0.2) is 54.1 Å². The third-order valence-corrected chi connectivity index (χ3v) is 4.67. The molecule has 2 aromatic rings. The van der Waals surface area contributed by atoms with Crippen LogP contribution in [-0.2, 0) is 16.0 Å². The molecule has 9 nitrogen and oxygen atoms in total. The van der Waals surface area contributed by atoms with Crippen LogP contribution < -0.4 is 0 Å². The molecule has 2 rings (SSSR count). The largest absolute Gasteiger partial charge is 0.464 e. The number of amides is 1. The Morgan fingerprint density at radius 2 is 2.11 bits per heavy atom. The van der Waals surface area contributed by atoms with E-state index in [9.17, 15) is 19.7 Å². The molecule has 1 aromatic carbocycles. The molecule has 0 N–H and O–H groups in total. The van der Waals surface area contributed by atoms with Crippen molar-refractivity contribution in [2.45, 2.75) is 6.54 Å². The number of carbonyl (C=O) groups is 2. The van der Waals surface area contributed by atoms with Crippen LogP contribution in [0.2, 0.25) is 5.02 Å². The van der Waals surface area contributed by atoms with E-state index in [0.29, 0.717) is 5.01 Å². The van der Waals surface area contributed by atoms with Gasteiger partial charge in [-0.25, -0.2) is 9.78 Å². The number of esters is 1. The Labute approximate surface area is 163 Å². The Morgan fingerprint density at radius 3 is 2.70 bits per heavy atom. The number of nitro groups is 1. The summed E-state index contributed by atoms with van der Waals surface area (Å²) in [6, 6.07) is 3.65. The molecule has 0 aliphatic heterocycles. The number of halogens is 1. The summed E-state index contributed by atoms with van der Waals surface area (Å²) in [4.78, 5) is 40.2. The zero-order chi connectivity index (χ0) is 20.0. The number of non-ortho nitro benzene ring substituents is 1. The second-order valence-corrected chi connectivity index (χ2v) is 6.61. The van der Waals surface area contributed by atoms with E-state index in [1.165, 1.54) is 42.6 Å². The lowest BCUT2D eigenvalue weighted by Gasteiger charge is -2.21. The van der Waals surface area contributed by atoms with Crippen molar-refractivity contribution in [1.82, 2.24) is 9.88 Å². The maximum atomic E-state index is 12.9. The van der Waals surface area contributed by atoms with Crippen molar-refractivity contribution in [3.05, 3.63) is 55.0 Å². The molecule has 11 heteroatoms. The van der Waals surface area contributed by atoms with Gasteiger partial charge in [-0.3, -0.25) is 14.9 Å². The smallest absolute Gasteiger partial charge is 0.357 e. The number of rotatable bonds is 8. The maximum Gasteiger partial charge on any atom is 0.357 e. The van der Waals surface area contributed by atoms with Gasteiger partial charge in [-0.05, 0) is 6.07 Å². The molecule has 1 amide bonds. The van der Waals surface area contributed by atoms with Gasteiger partial charge in [0.05, 0.1) is 35.8 Å². The fourth-order valence-corrected chi connectivity index (χ4v) is 3.19. The maximum absolute atomic E-state index is 12.9. The van der Waals surface area contributed by atoms with Crippen LogP contribution in [0.4, 0.5) is 5.69 Å². The number of aromatic nitrogens is 1. The fraction of sp³-hybridized carbons (Fsp3) is 0.312. The standard InChI is InChI=1S/C16H16ClN3O6S/c1-25-6-5-19(8-14-18-13(9-27-14)16(22)26-2)15(21)11-4-3-10(20(23)24)7-12(11)17/h3-4,7,9H,5-6,8H2,1-2H3. The van der Waals surface area contributed by atoms with E-state index in [1.54, 1.807) is 5.38 Å². The molecule has 144 valence electrons. The molecule has 0 spiro atoms. The summed E-state index contributed by atoms with van der Waals surface area (Å²) in [5.41, 5.74) is 0.0794. The Bertz CT molecular complexity index is 856. The van der Waals surface area contributed by atoms with Gasteiger partial charge in [0.15, 0.2) is 5.69 Å². The summed E-state index contributed by atoms with van der Waals surface area (Å²) < 4.78 is 9.65. The highest BCUT2D eigenvalue weighted by Gasteiger charge is 2.22. The van der Waals surface area contributed by atoms with Crippen LogP contribution in [0.1, 0.15) is 25.9 Å². The first-order valence-corrected chi connectivity index (χ1v) is 8.88. The second kappa shape index (κ2) is 9.40. The molecule has 0 fully saturated rings. The van der Waals surface area contributed by atoms with Gasteiger partial charge in [0.1, 0.15) is 5.01 Å². The van der Waals surface area contributed by atoms with Gasteiger partial charge in [-0.15, -0.1) is 11.3 Å². The molecule has 0 aliphatic carbocycles.